The lowest BCUT2D eigenvalue weighted by Crippen LogP contribution is -2.35. The second-order valence-electron chi connectivity index (χ2n) is 6.96. The molecule has 2 N–H and O–H groups in total. The highest BCUT2D eigenvalue weighted by Gasteiger charge is 2.29. The second-order valence-corrected chi connectivity index (χ2v) is 7.37. The van der Waals surface area contributed by atoms with Gasteiger partial charge < -0.3 is 15.2 Å². The van der Waals surface area contributed by atoms with E-state index < -0.39 is 5.60 Å². The molecular formula is C19H21ClN2O3. The van der Waals surface area contributed by atoms with Crippen molar-refractivity contribution >= 4 is 29.1 Å². The number of hydrogen-bond acceptors (Lipinski definition) is 4. The summed E-state index contributed by atoms with van der Waals surface area (Å²) >= 11 is 6.16. The van der Waals surface area contributed by atoms with Crippen LogP contribution in [0.3, 0.4) is 0 Å². The summed E-state index contributed by atoms with van der Waals surface area (Å²) in [4.78, 5) is 14.0. The summed E-state index contributed by atoms with van der Waals surface area (Å²) in [5.74, 6) is 1.11. The summed E-state index contributed by atoms with van der Waals surface area (Å²) in [7, 11) is 0. The van der Waals surface area contributed by atoms with Gasteiger partial charge in [0.2, 0.25) is 0 Å². The molecule has 0 aromatic heterocycles. The van der Waals surface area contributed by atoms with Crippen LogP contribution in [0, 0.1) is 0 Å². The van der Waals surface area contributed by atoms with Crippen LogP contribution in [0.1, 0.15) is 26.3 Å². The Labute approximate surface area is 152 Å². The lowest BCUT2D eigenvalue weighted by atomic mass is 10.1. The molecule has 0 spiro atoms. The molecule has 0 fully saturated rings. The van der Waals surface area contributed by atoms with E-state index in [1.807, 2.05) is 39.0 Å². The number of anilines is 2. The molecule has 5 nitrogen and oxygen atoms in total. The van der Waals surface area contributed by atoms with E-state index in [0.29, 0.717) is 28.8 Å². The molecule has 3 rings (SSSR count). The number of nitrogen functional groups attached to an aromatic ring is 1. The Morgan fingerprint density at radius 1 is 1.20 bits per heavy atom. The van der Waals surface area contributed by atoms with Gasteiger partial charge in [-0.1, -0.05) is 17.7 Å². The Morgan fingerprint density at radius 3 is 2.64 bits per heavy atom. The zero-order valence-electron chi connectivity index (χ0n) is 14.5. The van der Waals surface area contributed by atoms with Crippen molar-refractivity contribution in [1.82, 2.24) is 0 Å². The number of carbonyl (C=O) groups is 1. The van der Waals surface area contributed by atoms with Crippen LogP contribution in [0.4, 0.5) is 16.2 Å². The van der Waals surface area contributed by atoms with Crippen LogP contribution >= 0.6 is 11.6 Å². The monoisotopic (exact) mass is 360 g/mol. The van der Waals surface area contributed by atoms with Crippen molar-refractivity contribution in [2.75, 3.05) is 17.2 Å². The molecular weight excluding hydrogens is 340 g/mol. The molecule has 1 amide bonds. The fourth-order valence-electron chi connectivity index (χ4n) is 2.66. The molecule has 2 aromatic rings. The van der Waals surface area contributed by atoms with Crippen molar-refractivity contribution in [3.05, 3.63) is 47.0 Å². The summed E-state index contributed by atoms with van der Waals surface area (Å²) in [6, 6.07) is 10.7. The Kier molecular flexibility index (Phi) is 4.52. The molecule has 0 saturated heterocycles. The predicted molar refractivity (Wildman–Crippen MR) is 99.7 cm³/mol. The Balaban J connectivity index is 1.84. The smallest absolute Gasteiger partial charge is 0.414 e. The maximum Gasteiger partial charge on any atom is 0.414 e. The standard InChI is InChI=1S/C19H21ClN2O3/c1-19(2,3)25-18(23)22-9-8-12-4-6-14(11-16(12)22)24-17-7-5-13(21)10-15(17)20/h4-7,10-11H,8-9,21H2,1-3H3. The van der Waals surface area contributed by atoms with Gasteiger partial charge in [0.1, 0.15) is 17.1 Å². The molecule has 132 valence electrons. The number of fused-ring (bicyclic) bond motifs is 1. The Morgan fingerprint density at radius 2 is 1.96 bits per heavy atom. The fourth-order valence-corrected chi connectivity index (χ4v) is 2.88. The second kappa shape index (κ2) is 6.48. The number of amides is 1. The molecule has 0 aliphatic carbocycles. The van der Waals surface area contributed by atoms with Crippen LogP contribution in [0.2, 0.25) is 5.02 Å². The highest BCUT2D eigenvalue weighted by Crippen LogP contribution is 2.36. The molecule has 1 aliphatic heterocycles. The zero-order valence-corrected chi connectivity index (χ0v) is 15.3. The Bertz CT molecular complexity index is 815. The lowest BCUT2D eigenvalue weighted by Gasteiger charge is -2.25. The maximum absolute atomic E-state index is 12.4. The number of nitrogens with zero attached hydrogens (tertiary/aromatic N) is 1. The van der Waals surface area contributed by atoms with Crippen molar-refractivity contribution in [3.63, 3.8) is 0 Å². The van der Waals surface area contributed by atoms with Crippen molar-refractivity contribution in [2.24, 2.45) is 0 Å². The summed E-state index contributed by atoms with van der Waals surface area (Å²) in [6.45, 7) is 6.15. The van der Waals surface area contributed by atoms with E-state index in [4.69, 9.17) is 26.8 Å². The van der Waals surface area contributed by atoms with Crippen LogP contribution in [0.15, 0.2) is 36.4 Å². The molecule has 2 aromatic carbocycles. The minimum Gasteiger partial charge on any atom is -0.456 e. The first-order valence-corrected chi connectivity index (χ1v) is 8.47. The van der Waals surface area contributed by atoms with Crippen LogP contribution in [-0.2, 0) is 11.2 Å². The summed E-state index contributed by atoms with van der Waals surface area (Å²) in [5, 5.41) is 0.435. The predicted octanol–water partition coefficient (Wildman–Crippen LogP) is 5.01. The van der Waals surface area contributed by atoms with Crippen LogP contribution in [0.25, 0.3) is 0 Å². The van der Waals surface area contributed by atoms with Gasteiger partial charge in [-0.25, -0.2) is 4.79 Å². The van der Waals surface area contributed by atoms with E-state index in [9.17, 15) is 4.79 Å². The molecule has 0 atom stereocenters. The van der Waals surface area contributed by atoms with Crippen molar-refractivity contribution in [3.8, 4) is 11.5 Å². The van der Waals surface area contributed by atoms with Gasteiger partial charge in [0, 0.05) is 18.3 Å². The molecule has 1 heterocycles. The number of benzene rings is 2. The van der Waals surface area contributed by atoms with E-state index in [1.54, 1.807) is 23.1 Å². The number of rotatable bonds is 2. The number of carbonyl (C=O) groups excluding carboxylic acids is 1. The summed E-state index contributed by atoms with van der Waals surface area (Å²) in [5.41, 5.74) is 7.62. The van der Waals surface area contributed by atoms with Gasteiger partial charge in [0.05, 0.1) is 10.7 Å². The van der Waals surface area contributed by atoms with Gasteiger partial charge in [-0.2, -0.15) is 0 Å². The minimum absolute atomic E-state index is 0.353. The molecule has 0 unspecified atom stereocenters. The van der Waals surface area contributed by atoms with Gasteiger partial charge in [-0.15, -0.1) is 0 Å². The van der Waals surface area contributed by atoms with Gasteiger partial charge in [-0.3, -0.25) is 4.90 Å². The van der Waals surface area contributed by atoms with Crippen molar-refractivity contribution < 1.29 is 14.3 Å². The highest BCUT2D eigenvalue weighted by atomic mass is 35.5. The largest absolute Gasteiger partial charge is 0.456 e. The van der Waals surface area contributed by atoms with Crippen LogP contribution in [-0.4, -0.2) is 18.2 Å². The quantitative estimate of drug-likeness (QED) is 0.764. The number of hydrogen-bond donors (Lipinski definition) is 1. The SMILES string of the molecule is CC(C)(C)OC(=O)N1CCc2ccc(Oc3ccc(N)cc3Cl)cc21. The van der Waals surface area contributed by atoms with E-state index in [2.05, 4.69) is 0 Å². The van der Waals surface area contributed by atoms with Gasteiger partial charge >= 0.3 is 6.09 Å². The normalized spacial score (nSPS) is 13.5. The number of ether oxygens (including phenoxy) is 2. The highest BCUT2D eigenvalue weighted by molar-refractivity contribution is 6.32. The van der Waals surface area contributed by atoms with Crippen molar-refractivity contribution in [1.29, 1.82) is 0 Å². The lowest BCUT2D eigenvalue weighted by molar-refractivity contribution is 0.0584. The average Bonchev–Trinajstić information content (AvgIpc) is 2.91. The van der Waals surface area contributed by atoms with E-state index in [0.717, 1.165) is 17.7 Å². The van der Waals surface area contributed by atoms with E-state index in [1.165, 1.54) is 0 Å². The first-order valence-electron chi connectivity index (χ1n) is 8.09. The van der Waals surface area contributed by atoms with Gasteiger partial charge in [0.25, 0.3) is 0 Å². The topological polar surface area (TPSA) is 64.8 Å². The fraction of sp³-hybridized carbons (Fsp3) is 0.316. The zero-order chi connectivity index (χ0) is 18.2. The first-order chi connectivity index (χ1) is 11.7. The van der Waals surface area contributed by atoms with Crippen LogP contribution < -0.4 is 15.4 Å². The third-order valence-electron chi connectivity index (χ3n) is 3.75. The van der Waals surface area contributed by atoms with Gasteiger partial charge in [-0.05, 0) is 57.0 Å². The molecule has 6 heteroatoms. The van der Waals surface area contributed by atoms with Gasteiger partial charge in [0.15, 0.2) is 0 Å². The minimum atomic E-state index is -0.536. The molecule has 0 bridgehead atoms. The number of nitrogens with two attached hydrogens (primary N) is 1. The third kappa shape index (κ3) is 3.99. The average molecular weight is 361 g/mol. The Hall–Kier alpha value is -2.40. The molecule has 1 aliphatic rings. The summed E-state index contributed by atoms with van der Waals surface area (Å²) < 4.78 is 11.3. The molecule has 25 heavy (non-hydrogen) atoms. The first kappa shape index (κ1) is 17.4. The molecule has 0 radical (unpaired) electrons. The molecule has 0 saturated carbocycles. The van der Waals surface area contributed by atoms with Crippen molar-refractivity contribution in [2.45, 2.75) is 32.8 Å². The number of halogens is 1. The third-order valence-corrected chi connectivity index (χ3v) is 4.05. The maximum atomic E-state index is 12.4. The summed E-state index contributed by atoms with van der Waals surface area (Å²) in [6.07, 6.45) is 0.436. The van der Waals surface area contributed by atoms with Crippen LogP contribution in [0.5, 0.6) is 11.5 Å². The van der Waals surface area contributed by atoms with E-state index >= 15 is 0 Å². The van der Waals surface area contributed by atoms with E-state index in [-0.39, 0.29) is 6.09 Å².